The third-order valence-electron chi connectivity index (χ3n) is 8.47. The molecule has 5 rings (SSSR count). The van der Waals surface area contributed by atoms with Gasteiger partial charge in [-0.1, -0.05) is 136 Å². The smallest absolute Gasteiger partial charge is 0.165 e. The summed E-state index contributed by atoms with van der Waals surface area (Å²) in [5.41, 5.74) is 9.01. The molecule has 1 heterocycles. The molecular formula is C38H40ClNO2. The third kappa shape index (κ3) is 6.85. The predicted molar refractivity (Wildman–Crippen MR) is 175 cm³/mol. The van der Waals surface area contributed by atoms with Gasteiger partial charge in [0, 0.05) is 28.8 Å². The van der Waals surface area contributed by atoms with E-state index in [4.69, 9.17) is 16.4 Å². The standard InChI is InChI=1S/C38H40ClNO2/c1-6-25(2)37(41)31-9-7-26(8-10-31)23-34(29-15-19-32(20-16-29)38(3,4)5)35-24-36(42-40-35)30-13-11-27(12-14-30)28-17-21-33(39)22-18-28/h7-22,25,34,36H,6,23-24H2,1-5H3/t25?,34?,36-/m1/s1. The molecule has 4 heteroatoms. The zero-order valence-corrected chi connectivity index (χ0v) is 26.0. The minimum Gasteiger partial charge on any atom is -0.387 e. The third-order valence-corrected chi connectivity index (χ3v) is 8.72. The average molecular weight is 578 g/mol. The van der Waals surface area contributed by atoms with Crippen LogP contribution in [0.3, 0.4) is 0 Å². The van der Waals surface area contributed by atoms with E-state index >= 15 is 0 Å². The molecule has 0 fully saturated rings. The van der Waals surface area contributed by atoms with Crippen LogP contribution in [0.5, 0.6) is 0 Å². The number of hydrogen-bond donors (Lipinski definition) is 0. The Labute approximate surface area is 255 Å². The van der Waals surface area contributed by atoms with Crippen LogP contribution < -0.4 is 0 Å². The summed E-state index contributed by atoms with van der Waals surface area (Å²) < 4.78 is 0. The topological polar surface area (TPSA) is 38.7 Å². The lowest BCUT2D eigenvalue weighted by Gasteiger charge is -2.22. The van der Waals surface area contributed by atoms with Crippen LogP contribution in [0.15, 0.2) is 102 Å². The number of carbonyl (C=O) groups excluding carboxylic acids is 1. The van der Waals surface area contributed by atoms with Gasteiger partial charge in [0.25, 0.3) is 0 Å². The molecule has 3 nitrogen and oxygen atoms in total. The number of nitrogens with zero attached hydrogens (tertiary/aromatic N) is 1. The van der Waals surface area contributed by atoms with Crippen LogP contribution in [0.1, 0.15) is 92.1 Å². The maximum atomic E-state index is 12.7. The molecule has 0 spiro atoms. The average Bonchev–Trinajstić information content (AvgIpc) is 3.49. The Balaban J connectivity index is 1.36. The molecule has 0 radical (unpaired) electrons. The van der Waals surface area contributed by atoms with Crippen molar-refractivity contribution in [2.75, 3.05) is 0 Å². The van der Waals surface area contributed by atoms with E-state index in [-0.39, 0.29) is 29.1 Å². The fourth-order valence-electron chi connectivity index (χ4n) is 5.47. The van der Waals surface area contributed by atoms with E-state index in [1.807, 2.05) is 43.3 Å². The van der Waals surface area contributed by atoms with E-state index in [1.165, 1.54) is 16.7 Å². The fraction of sp³-hybridized carbons (Fsp3) is 0.316. The van der Waals surface area contributed by atoms with Crippen molar-refractivity contribution >= 4 is 23.1 Å². The minimum absolute atomic E-state index is 0.0344. The van der Waals surface area contributed by atoms with Gasteiger partial charge in [-0.15, -0.1) is 0 Å². The molecule has 42 heavy (non-hydrogen) atoms. The van der Waals surface area contributed by atoms with Gasteiger partial charge in [-0.05, 0) is 63.8 Å². The van der Waals surface area contributed by atoms with Crippen molar-refractivity contribution in [3.05, 3.63) is 130 Å². The second kappa shape index (κ2) is 12.7. The molecule has 0 saturated carbocycles. The number of halogens is 1. The highest BCUT2D eigenvalue weighted by atomic mass is 35.5. The molecule has 1 aliphatic heterocycles. The van der Waals surface area contributed by atoms with E-state index in [1.54, 1.807) is 0 Å². The summed E-state index contributed by atoms with van der Waals surface area (Å²) in [6, 6.07) is 33.5. The Kier molecular flexibility index (Phi) is 8.99. The summed E-state index contributed by atoms with van der Waals surface area (Å²) in [6.45, 7) is 10.8. The van der Waals surface area contributed by atoms with Gasteiger partial charge in [-0.2, -0.15) is 0 Å². The largest absolute Gasteiger partial charge is 0.387 e. The maximum absolute atomic E-state index is 12.7. The molecule has 0 bridgehead atoms. The zero-order valence-electron chi connectivity index (χ0n) is 25.2. The summed E-state index contributed by atoms with van der Waals surface area (Å²) in [4.78, 5) is 18.7. The molecule has 2 unspecified atom stereocenters. The van der Waals surface area contributed by atoms with Crippen LogP contribution in [0.4, 0.5) is 0 Å². The van der Waals surface area contributed by atoms with Gasteiger partial charge in [0.15, 0.2) is 11.9 Å². The Morgan fingerprint density at radius 2 is 1.48 bits per heavy atom. The predicted octanol–water partition coefficient (Wildman–Crippen LogP) is 10.4. The number of Topliss-reactive ketones (excluding diaryl/α,β-unsaturated/α-hetero) is 1. The highest BCUT2D eigenvalue weighted by Gasteiger charge is 2.30. The molecule has 4 aromatic carbocycles. The Morgan fingerprint density at radius 1 is 0.881 bits per heavy atom. The van der Waals surface area contributed by atoms with Crippen molar-refractivity contribution in [2.24, 2.45) is 11.1 Å². The monoisotopic (exact) mass is 577 g/mol. The number of oxime groups is 1. The number of carbonyl (C=O) groups is 1. The lowest BCUT2D eigenvalue weighted by Crippen LogP contribution is -2.16. The van der Waals surface area contributed by atoms with Gasteiger partial charge in [-0.3, -0.25) is 4.79 Å². The van der Waals surface area contributed by atoms with Crippen LogP contribution in [-0.2, 0) is 16.7 Å². The summed E-state index contributed by atoms with van der Waals surface area (Å²) >= 11 is 6.07. The van der Waals surface area contributed by atoms with Crippen LogP contribution in [0, 0.1) is 5.92 Å². The molecule has 0 aliphatic carbocycles. The van der Waals surface area contributed by atoms with Gasteiger partial charge >= 0.3 is 0 Å². The van der Waals surface area contributed by atoms with Crippen molar-refractivity contribution in [2.45, 2.75) is 71.3 Å². The van der Waals surface area contributed by atoms with Gasteiger partial charge in [0.2, 0.25) is 0 Å². The Hall–Kier alpha value is -3.69. The molecule has 1 aliphatic rings. The summed E-state index contributed by atoms with van der Waals surface area (Å²) in [5.74, 6) is 0.317. The molecule has 216 valence electrons. The molecule has 0 amide bonds. The summed E-state index contributed by atoms with van der Waals surface area (Å²) in [7, 11) is 0. The molecule has 0 aromatic heterocycles. The first kappa shape index (κ1) is 29.8. The molecule has 3 atom stereocenters. The number of ketones is 1. The normalized spacial score (nSPS) is 16.4. The van der Waals surface area contributed by atoms with Gasteiger partial charge < -0.3 is 4.84 Å². The van der Waals surface area contributed by atoms with E-state index in [0.29, 0.717) is 0 Å². The second-order valence-electron chi connectivity index (χ2n) is 12.5. The zero-order chi connectivity index (χ0) is 29.9. The second-order valence-corrected chi connectivity index (χ2v) is 12.9. The van der Waals surface area contributed by atoms with Gasteiger partial charge in [0.05, 0.1) is 5.71 Å². The number of benzene rings is 4. The molecule has 4 aromatic rings. The first-order valence-corrected chi connectivity index (χ1v) is 15.3. The first-order valence-electron chi connectivity index (χ1n) is 14.9. The van der Waals surface area contributed by atoms with Crippen molar-refractivity contribution in [1.29, 1.82) is 0 Å². The van der Waals surface area contributed by atoms with Crippen molar-refractivity contribution in [3.8, 4) is 11.1 Å². The summed E-state index contributed by atoms with van der Waals surface area (Å²) in [6.07, 6.45) is 2.25. The fourth-order valence-corrected chi connectivity index (χ4v) is 5.59. The van der Waals surface area contributed by atoms with Crippen LogP contribution in [-0.4, -0.2) is 11.5 Å². The molecule has 0 saturated heterocycles. The van der Waals surface area contributed by atoms with Gasteiger partial charge in [0.1, 0.15) is 0 Å². The maximum Gasteiger partial charge on any atom is 0.165 e. The number of rotatable bonds is 9. The Bertz CT molecular complexity index is 1530. The first-order chi connectivity index (χ1) is 20.1. The Morgan fingerprint density at radius 3 is 2.05 bits per heavy atom. The van der Waals surface area contributed by atoms with Crippen LogP contribution in [0.25, 0.3) is 11.1 Å². The number of hydrogen-bond acceptors (Lipinski definition) is 3. The van der Waals surface area contributed by atoms with Gasteiger partial charge in [-0.25, -0.2) is 0 Å². The SMILES string of the molecule is CCC(C)C(=O)c1ccc(CC(C2=NO[C@@H](c3ccc(-c4ccc(Cl)cc4)cc3)C2)c2ccc(C(C)(C)C)cc2)cc1. The van der Waals surface area contributed by atoms with E-state index in [2.05, 4.69) is 93.5 Å². The van der Waals surface area contributed by atoms with E-state index < -0.39 is 0 Å². The van der Waals surface area contributed by atoms with Crippen molar-refractivity contribution in [1.82, 2.24) is 0 Å². The lowest BCUT2D eigenvalue weighted by molar-refractivity contribution is 0.0857. The molecular weight excluding hydrogens is 538 g/mol. The molecule has 0 N–H and O–H groups in total. The van der Waals surface area contributed by atoms with E-state index in [0.717, 1.165) is 52.3 Å². The quantitative estimate of drug-likeness (QED) is 0.186. The van der Waals surface area contributed by atoms with E-state index in [9.17, 15) is 4.79 Å². The van der Waals surface area contributed by atoms with Crippen LogP contribution >= 0.6 is 11.6 Å². The van der Waals surface area contributed by atoms with Crippen LogP contribution in [0.2, 0.25) is 5.02 Å². The highest BCUT2D eigenvalue weighted by molar-refractivity contribution is 6.30. The summed E-state index contributed by atoms with van der Waals surface area (Å²) in [5, 5.41) is 5.39. The highest BCUT2D eigenvalue weighted by Crippen LogP contribution is 2.36. The minimum atomic E-state index is -0.119. The van der Waals surface area contributed by atoms with Crippen molar-refractivity contribution in [3.63, 3.8) is 0 Å². The lowest BCUT2D eigenvalue weighted by atomic mass is 9.82. The van der Waals surface area contributed by atoms with Crippen molar-refractivity contribution < 1.29 is 9.63 Å².